The smallest absolute Gasteiger partial charge is 0.229 e. The molecule has 20 heavy (non-hydrogen) atoms. The van der Waals surface area contributed by atoms with Crippen molar-refractivity contribution in [1.82, 2.24) is 15.0 Å². The largest absolute Gasteiger partial charge is 0.368 e. The van der Waals surface area contributed by atoms with Crippen molar-refractivity contribution in [2.45, 2.75) is 25.3 Å². The standard InChI is InChI=1S/C13H15FN6/c14-8-4-5-9-7(6-8)2-1-3-10(9)17-13-19-11(15)18-12(16)20-13/h4-6,10H,1-3H2,(H5,15,16,17,18,19,20)/t10-/m1/s1. The number of anilines is 3. The molecule has 1 aromatic carbocycles. The predicted molar refractivity (Wildman–Crippen MR) is 74.4 cm³/mol. The van der Waals surface area contributed by atoms with Crippen molar-refractivity contribution in [3.8, 4) is 0 Å². The molecular formula is C13H15FN6. The Morgan fingerprint density at radius 1 is 1.15 bits per heavy atom. The van der Waals surface area contributed by atoms with E-state index in [1.807, 2.05) is 0 Å². The Labute approximate surface area is 115 Å². The number of nitrogen functional groups attached to an aromatic ring is 2. The second kappa shape index (κ2) is 4.92. The molecule has 5 N–H and O–H groups in total. The van der Waals surface area contributed by atoms with Gasteiger partial charge in [-0.25, -0.2) is 4.39 Å². The van der Waals surface area contributed by atoms with Crippen LogP contribution in [0.15, 0.2) is 18.2 Å². The molecule has 0 radical (unpaired) electrons. The zero-order chi connectivity index (χ0) is 14.1. The van der Waals surface area contributed by atoms with Gasteiger partial charge in [-0.3, -0.25) is 0 Å². The topological polar surface area (TPSA) is 103 Å². The average Bonchev–Trinajstić information content (AvgIpc) is 2.37. The fourth-order valence-corrected chi connectivity index (χ4v) is 2.56. The van der Waals surface area contributed by atoms with Crippen LogP contribution in [-0.2, 0) is 6.42 Å². The summed E-state index contributed by atoms with van der Waals surface area (Å²) in [4.78, 5) is 11.7. The summed E-state index contributed by atoms with van der Waals surface area (Å²) in [6, 6.07) is 4.88. The lowest BCUT2D eigenvalue weighted by Gasteiger charge is -2.26. The van der Waals surface area contributed by atoms with E-state index in [0.717, 1.165) is 30.4 Å². The van der Waals surface area contributed by atoms with Gasteiger partial charge in [0.05, 0.1) is 6.04 Å². The highest BCUT2D eigenvalue weighted by Gasteiger charge is 2.21. The minimum absolute atomic E-state index is 0.0283. The summed E-state index contributed by atoms with van der Waals surface area (Å²) in [5.74, 6) is 0.292. The molecule has 0 aliphatic heterocycles. The number of hydrogen-bond donors (Lipinski definition) is 3. The monoisotopic (exact) mass is 274 g/mol. The van der Waals surface area contributed by atoms with Gasteiger partial charge in [0, 0.05) is 0 Å². The molecule has 0 saturated heterocycles. The zero-order valence-electron chi connectivity index (χ0n) is 10.8. The maximum atomic E-state index is 13.3. The number of rotatable bonds is 2. The van der Waals surface area contributed by atoms with Gasteiger partial charge in [0.25, 0.3) is 0 Å². The van der Waals surface area contributed by atoms with Crippen molar-refractivity contribution in [3.63, 3.8) is 0 Å². The highest BCUT2D eigenvalue weighted by molar-refractivity contribution is 5.42. The highest BCUT2D eigenvalue weighted by atomic mass is 19.1. The zero-order valence-corrected chi connectivity index (χ0v) is 10.8. The number of nitrogens with zero attached hydrogens (tertiary/aromatic N) is 3. The van der Waals surface area contributed by atoms with Crippen molar-refractivity contribution < 1.29 is 4.39 Å². The first-order chi connectivity index (χ1) is 9.61. The van der Waals surface area contributed by atoms with Crippen molar-refractivity contribution in [3.05, 3.63) is 35.1 Å². The van der Waals surface area contributed by atoms with E-state index in [4.69, 9.17) is 11.5 Å². The third-order valence-electron chi connectivity index (χ3n) is 3.39. The molecule has 6 nitrogen and oxygen atoms in total. The SMILES string of the molecule is Nc1nc(N)nc(N[C@@H]2CCCc3cc(F)ccc32)n1. The van der Waals surface area contributed by atoms with Crippen LogP contribution in [0.4, 0.5) is 22.2 Å². The third kappa shape index (κ3) is 2.47. The fourth-order valence-electron chi connectivity index (χ4n) is 2.56. The van der Waals surface area contributed by atoms with Crippen LogP contribution in [-0.4, -0.2) is 15.0 Å². The molecule has 1 heterocycles. The van der Waals surface area contributed by atoms with Crippen LogP contribution in [0.5, 0.6) is 0 Å². The lowest BCUT2D eigenvalue weighted by Crippen LogP contribution is -2.19. The molecule has 7 heteroatoms. The van der Waals surface area contributed by atoms with Crippen LogP contribution in [0.1, 0.15) is 30.0 Å². The van der Waals surface area contributed by atoms with Crippen molar-refractivity contribution in [1.29, 1.82) is 0 Å². The number of benzene rings is 1. The van der Waals surface area contributed by atoms with Gasteiger partial charge in [-0.05, 0) is 42.5 Å². The first-order valence-corrected chi connectivity index (χ1v) is 6.44. The molecule has 0 fully saturated rings. The quantitative estimate of drug-likeness (QED) is 0.769. The molecular weight excluding hydrogens is 259 g/mol. The first-order valence-electron chi connectivity index (χ1n) is 6.44. The van der Waals surface area contributed by atoms with Crippen LogP contribution < -0.4 is 16.8 Å². The summed E-state index contributed by atoms with van der Waals surface area (Å²) < 4.78 is 13.3. The van der Waals surface area contributed by atoms with Crippen LogP contribution in [0, 0.1) is 5.82 Å². The Morgan fingerprint density at radius 2 is 1.90 bits per heavy atom. The normalized spacial score (nSPS) is 17.6. The molecule has 0 amide bonds. The van der Waals surface area contributed by atoms with E-state index >= 15 is 0 Å². The molecule has 104 valence electrons. The Balaban J connectivity index is 1.89. The fraction of sp³-hybridized carbons (Fsp3) is 0.308. The lowest BCUT2D eigenvalue weighted by atomic mass is 9.88. The van der Waals surface area contributed by atoms with Crippen molar-refractivity contribution in [2.24, 2.45) is 0 Å². The molecule has 1 aliphatic rings. The minimum atomic E-state index is -0.210. The number of aromatic nitrogens is 3. The van der Waals surface area contributed by atoms with E-state index in [1.165, 1.54) is 6.07 Å². The van der Waals surface area contributed by atoms with Crippen LogP contribution in [0.3, 0.4) is 0 Å². The number of hydrogen-bond acceptors (Lipinski definition) is 6. The van der Waals surface area contributed by atoms with Crippen molar-refractivity contribution >= 4 is 17.8 Å². The van der Waals surface area contributed by atoms with Crippen molar-refractivity contribution in [2.75, 3.05) is 16.8 Å². The lowest BCUT2D eigenvalue weighted by molar-refractivity contribution is 0.580. The van der Waals surface area contributed by atoms with Crippen LogP contribution in [0.2, 0.25) is 0 Å². The average molecular weight is 274 g/mol. The summed E-state index contributed by atoms with van der Waals surface area (Å²) in [7, 11) is 0. The van der Waals surface area contributed by atoms with Gasteiger partial charge in [-0.2, -0.15) is 15.0 Å². The number of halogens is 1. The first kappa shape index (κ1) is 12.6. The summed E-state index contributed by atoms with van der Waals surface area (Å²) in [6.45, 7) is 0. The summed E-state index contributed by atoms with van der Waals surface area (Å²) in [5, 5.41) is 3.19. The molecule has 2 aromatic rings. The van der Waals surface area contributed by atoms with Crippen LogP contribution in [0.25, 0.3) is 0 Å². The summed E-state index contributed by atoms with van der Waals surface area (Å²) >= 11 is 0. The molecule has 0 spiro atoms. The molecule has 0 bridgehead atoms. The number of nitrogens with two attached hydrogens (primary N) is 2. The molecule has 1 aliphatic carbocycles. The number of nitrogens with one attached hydrogen (secondary N) is 1. The van der Waals surface area contributed by atoms with Crippen LogP contribution >= 0.6 is 0 Å². The molecule has 0 unspecified atom stereocenters. The molecule has 0 saturated carbocycles. The second-order valence-corrected chi connectivity index (χ2v) is 4.81. The highest BCUT2D eigenvalue weighted by Crippen LogP contribution is 2.32. The van der Waals surface area contributed by atoms with E-state index in [-0.39, 0.29) is 23.8 Å². The van der Waals surface area contributed by atoms with Gasteiger partial charge >= 0.3 is 0 Å². The number of aryl methyl sites for hydroxylation is 1. The van der Waals surface area contributed by atoms with Gasteiger partial charge in [-0.1, -0.05) is 6.07 Å². The second-order valence-electron chi connectivity index (χ2n) is 4.81. The Morgan fingerprint density at radius 3 is 2.65 bits per heavy atom. The van der Waals surface area contributed by atoms with E-state index in [0.29, 0.717) is 5.95 Å². The molecule has 1 atom stereocenters. The predicted octanol–water partition coefficient (Wildman–Crippen LogP) is 1.66. The van der Waals surface area contributed by atoms with Gasteiger partial charge < -0.3 is 16.8 Å². The van der Waals surface area contributed by atoms with Gasteiger partial charge in [0.1, 0.15) is 5.82 Å². The van der Waals surface area contributed by atoms with Gasteiger partial charge in [0.2, 0.25) is 17.8 Å². The van der Waals surface area contributed by atoms with Gasteiger partial charge in [-0.15, -0.1) is 0 Å². The minimum Gasteiger partial charge on any atom is -0.368 e. The Hall–Kier alpha value is -2.44. The Kier molecular flexibility index (Phi) is 3.09. The third-order valence-corrected chi connectivity index (χ3v) is 3.39. The maximum Gasteiger partial charge on any atom is 0.229 e. The van der Waals surface area contributed by atoms with E-state index in [2.05, 4.69) is 20.3 Å². The van der Waals surface area contributed by atoms with E-state index in [1.54, 1.807) is 12.1 Å². The molecule has 3 rings (SSSR count). The molecule has 1 aromatic heterocycles. The van der Waals surface area contributed by atoms with E-state index < -0.39 is 0 Å². The summed E-state index contributed by atoms with van der Waals surface area (Å²) in [6.07, 6.45) is 2.78. The number of fused-ring (bicyclic) bond motifs is 1. The maximum absolute atomic E-state index is 13.3. The van der Waals surface area contributed by atoms with Gasteiger partial charge in [0.15, 0.2) is 0 Å². The summed E-state index contributed by atoms with van der Waals surface area (Å²) in [5.41, 5.74) is 13.2. The van der Waals surface area contributed by atoms with E-state index in [9.17, 15) is 4.39 Å². The Bertz CT molecular complexity index is 625.